The average molecular weight is 986 g/mol. The zero-order valence-corrected chi connectivity index (χ0v) is 41.4. The number of nitrogens with zero attached hydrogens (tertiary/aromatic N) is 1. The molecule has 3 saturated carbocycles. The monoisotopic (exact) mass is 985 g/mol. The lowest BCUT2D eigenvalue weighted by atomic mass is 9.43. The SMILES string of the molecule is COC(=O)C(C)=CCC12OC(C)(C)C3CC(C1=O)C(C[N+](=O)[O-])C1C(=O)c4c(OC(=O)c5ccc(O[C@@H]6O[C@H](CO)[C@@H](O)[C@H](O)[C@H]6O)cc5)c5c(c(CC=C(C)C)c4OC132)OC(C)(CCC=C(C)C)C=C5. The van der Waals surface area contributed by atoms with Crippen LogP contribution in [0.25, 0.3) is 6.08 Å². The van der Waals surface area contributed by atoms with Crippen LogP contribution in [0, 0.1) is 33.8 Å². The van der Waals surface area contributed by atoms with Gasteiger partial charge in [-0.3, -0.25) is 19.7 Å². The molecule has 4 heterocycles. The Kier molecular flexibility index (Phi) is 13.8. The summed E-state index contributed by atoms with van der Waals surface area (Å²) in [6.07, 6.45) is 2.67. The number of aliphatic hydroxyl groups excluding tert-OH is 4. The van der Waals surface area contributed by atoms with Crippen molar-refractivity contribution in [2.75, 3.05) is 20.3 Å². The lowest BCUT2D eigenvalue weighted by molar-refractivity contribution is -0.494. The topological polar surface area (TPSA) is 257 Å². The third-order valence-electron chi connectivity index (χ3n) is 15.1. The number of ether oxygens (including phenoxy) is 7. The number of benzene rings is 2. The van der Waals surface area contributed by atoms with Gasteiger partial charge >= 0.3 is 11.9 Å². The van der Waals surface area contributed by atoms with Gasteiger partial charge in [-0.15, -0.1) is 0 Å². The van der Waals surface area contributed by atoms with Crippen molar-refractivity contribution in [3.63, 3.8) is 0 Å². The summed E-state index contributed by atoms with van der Waals surface area (Å²) in [4.78, 5) is 70.8. The molecule has 4 bridgehead atoms. The Hall–Kier alpha value is -5.76. The molecule has 2 aromatic rings. The summed E-state index contributed by atoms with van der Waals surface area (Å²) >= 11 is 0. The van der Waals surface area contributed by atoms with Gasteiger partial charge in [0.15, 0.2) is 28.5 Å². The lowest BCUT2D eigenvalue weighted by Crippen LogP contribution is -2.79. The van der Waals surface area contributed by atoms with Crippen LogP contribution in [0.15, 0.2) is 65.3 Å². The Morgan fingerprint density at radius 2 is 1.62 bits per heavy atom. The van der Waals surface area contributed by atoms with Gasteiger partial charge in [0.1, 0.15) is 52.8 Å². The maximum absolute atomic E-state index is 16.2. The minimum atomic E-state index is -1.91. The molecule has 5 fully saturated rings. The molecular weight excluding hydrogens is 923 g/mol. The van der Waals surface area contributed by atoms with E-state index in [1.807, 2.05) is 46.8 Å². The zero-order chi connectivity index (χ0) is 51.7. The standard InChI is InChI=1S/C53H63NO17/c1-26(2)11-10-20-51(8)21-19-32-43(69-51)31(17-12-27(3)4)45-37(44(32)68-48(62)29-13-15-30(16-14-29)66-49-42(59)41(58)39(56)35(25-55)67-49)40(57)38-34(24-54(63)64)33-23-36-50(6,7)71-52(46(33)60,53(36,38)70-45)22-18-28(5)47(61)65-9/h11-16,18-19,21,33-36,38-39,41-42,49,55-56,58-59H,10,17,20,22-25H2,1-9H3/t33?,34?,35-,36?,38?,39-,41+,42-,49-,51?,52?,53?/m1/s1. The molecule has 12 atom stereocenters. The van der Waals surface area contributed by atoms with Gasteiger partial charge in [-0.25, -0.2) is 9.59 Å². The molecule has 7 aliphatic rings. The van der Waals surface area contributed by atoms with Crippen LogP contribution in [-0.4, -0.2) is 122 Å². The van der Waals surface area contributed by atoms with E-state index in [4.69, 9.17) is 33.2 Å². The summed E-state index contributed by atoms with van der Waals surface area (Å²) in [7, 11) is 1.23. The number of aliphatic hydroxyl groups is 4. The second-order valence-electron chi connectivity index (χ2n) is 20.8. The van der Waals surface area contributed by atoms with Crippen LogP contribution in [-0.2, 0) is 30.2 Å². The van der Waals surface area contributed by atoms with Crippen LogP contribution < -0.4 is 18.9 Å². The fourth-order valence-electron chi connectivity index (χ4n) is 11.7. The van der Waals surface area contributed by atoms with Crippen LogP contribution in [0.5, 0.6) is 23.0 Å². The van der Waals surface area contributed by atoms with E-state index in [9.17, 15) is 40.1 Å². The number of nitro groups is 1. The summed E-state index contributed by atoms with van der Waals surface area (Å²) < 4.78 is 44.0. The normalized spacial score (nSPS) is 32.9. The molecule has 382 valence electrons. The number of allylic oxidation sites excluding steroid dienone is 4. The fourth-order valence-corrected chi connectivity index (χ4v) is 11.7. The maximum atomic E-state index is 16.2. The Labute approximate surface area is 411 Å². The van der Waals surface area contributed by atoms with Gasteiger partial charge in [-0.2, -0.15) is 0 Å². The average Bonchev–Trinajstić information content (AvgIpc) is 3.45. The van der Waals surface area contributed by atoms with Gasteiger partial charge in [0.05, 0.1) is 36.4 Å². The van der Waals surface area contributed by atoms with E-state index < -0.39 is 118 Å². The van der Waals surface area contributed by atoms with Crippen molar-refractivity contribution < 1.29 is 77.7 Å². The lowest BCUT2D eigenvalue weighted by Gasteiger charge is -2.62. The summed E-state index contributed by atoms with van der Waals surface area (Å²) in [5, 5.41) is 53.3. The molecule has 0 amide bonds. The van der Waals surface area contributed by atoms with E-state index >= 15 is 9.59 Å². The van der Waals surface area contributed by atoms with Crippen molar-refractivity contribution in [2.45, 2.75) is 141 Å². The third-order valence-corrected chi connectivity index (χ3v) is 15.1. The molecule has 3 aliphatic carbocycles. The Morgan fingerprint density at radius 1 is 0.930 bits per heavy atom. The van der Waals surface area contributed by atoms with E-state index in [-0.39, 0.29) is 64.5 Å². The number of hydrogen-bond acceptors (Lipinski definition) is 17. The first-order valence-corrected chi connectivity index (χ1v) is 24.0. The molecule has 2 saturated heterocycles. The van der Waals surface area contributed by atoms with E-state index in [0.29, 0.717) is 18.4 Å². The number of methoxy groups -OCH3 is 1. The molecule has 4 N–H and O–H groups in total. The Balaban J connectivity index is 1.31. The quantitative estimate of drug-likeness (QED) is 0.0423. The van der Waals surface area contributed by atoms with Gasteiger partial charge in [-0.05, 0) is 117 Å². The number of carbonyl (C=O) groups excluding carboxylic acids is 4. The Morgan fingerprint density at radius 3 is 2.25 bits per heavy atom. The van der Waals surface area contributed by atoms with Crippen LogP contribution in [0.2, 0.25) is 0 Å². The van der Waals surface area contributed by atoms with Gasteiger partial charge < -0.3 is 53.6 Å². The molecule has 4 aliphatic heterocycles. The van der Waals surface area contributed by atoms with Crippen LogP contribution in [0.1, 0.15) is 113 Å². The van der Waals surface area contributed by atoms with Gasteiger partial charge in [0.2, 0.25) is 12.8 Å². The van der Waals surface area contributed by atoms with Crippen LogP contribution in [0.3, 0.4) is 0 Å². The second kappa shape index (κ2) is 19.0. The maximum Gasteiger partial charge on any atom is 0.343 e. The number of fused-ring (bicyclic) bond motifs is 2. The van der Waals surface area contributed by atoms with Crippen molar-refractivity contribution in [1.29, 1.82) is 0 Å². The highest BCUT2D eigenvalue weighted by molar-refractivity contribution is 6.11. The van der Waals surface area contributed by atoms with Gasteiger partial charge in [0, 0.05) is 40.2 Å². The fraction of sp³-hybridized carbons (Fsp3) is 0.547. The molecule has 7 unspecified atom stereocenters. The van der Waals surface area contributed by atoms with Gasteiger partial charge in [-0.1, -0.05) is 29.4 Å². The number of esters is 2. The zero-order valence-electron chi connectivity index (χ0n) is 41.4. The molecule has 18 nitrogen and oxygen atoms in total. The van der Waals surface area contributed by atoms with E-state index in [0.717, 1.165) is 11.1 Å². The van der Waals surface area contributed by atoms with Crippen molar-refractivity contribution >= 4 is 29.6 Å². The molecule has 18 heteroatoms. The molecular formula is C53H63NO17. The highest BCUT2D eigenvalue weighted by atomic mass is 16.7. The van der Waals surface area contributed by atoms with Crippen LogP contribution in [0.4, 0.5) is 0 Å². The minimum absolute atomic E-state index is 0.0205. The van der Waals surface area contributed by atoms with Crippen molar-refractivity contribution in [3.8, 4) is 23.0 Å². The number of Topliss-reactive ketones (excluding diaryl/α,β-unsaturated/α-hetero) is 2. The molecule has 2 aromatic carbocycles. The van der Waals surface area contributed by atoms with Gasteiger partial charge in [0.25, 0.3) is 0 Å². The Bertz CT molecular complexity index is 2640. The highest BCUT2D eigenvalue weighted by Gasteiger charge is 2.86. The van der Waals surface area contributed by atoms with Crippen molar-refractivity contribution in [3.05, 3.63) is 97.7 Å². The predicted molar refractivity (Wildman–Crippen MR) is 254 cm³/mol. The smallest absolute Gasteiger partial charge is 0.343 e. The first-order chi connectivity index (χ1) is 33.4. The molecule has 1 spiro atoms. The molecule has 0 aromatic heterocycles. The minimum Gasteiger partial charge on any atom is -0.482 e. The first kappa shape index (κ1) is 51.6. The molecule has 0 radical (unpaired) electrons. The summed E-state index contributed by atoms with van der Waals surface area (Å²) in [5.41, 5.74) is -3.11. The largest absolute Gasteiger partial charge is 0.482 e. The van der Waals surface area contributed by atoms with E-state index in [2.05, 4.69) is 6.08 Å². The number of rotatable bonds is 15. The molecule has 9 rings (SSSR count). The highest BCUT2D eigenvalue weighted by Crippen LogP contribution is 2.72. The third kappa shape index (κ3) is 8.69. The number of hydrogen-bond donors (Lipinski definition) is 4. The second-order valence-corrected chi connectivity index (χ2v) is 20.8. The van der Waals surface area contributed by atoms with E-state index in [1.165, 1.54) is 44.4 Å². The summed E-state index contributed by atoms with van der Waals surface area (Å²) in [6, 6.07) is 5.45. The summed E-state index contributed by atoms with van der Waals surface area (Å²) in [6.45, 7) is 13.5. The van der Waals surface area contributed by atoms with Crippen molar-refractivity contribution in [2.24, 2.45) is 23.7 Å². The molecule has 71 heavy (non-hydrogen) atoms. The first-order valence-electron chi connectivity index (χ1n) is 24.0. The van der Waals surface area contributed by atoms with Crippen molar-refractivity contribution in [1.82, 2.24) is 0 Å². The van der Waals surface area contributed by atoms with E-state index in [1.54, 1.807) is 19.9 Å². The van der Waals surface area contributed by atoms with Crippen LogP contribution >= 0.6 is 0 Å². The summed E-state index contributed by atoms with van der Waals surface area (Å²) in [5.74, 6) is -6.81. The number of ketones is 2. The predicted octanol–water partition coefficient (Wildman–Crippen LogP) is 5.60. The number of carbonyl (C=O) groups is 4.